The first kappa shape index (κ1) is 18.2. The third-order valence-corrected chi connectivity index (χ3v) is 4.23. The predicted octanol–water partition coefficient (Wildman–Crippen LogP) is 4.42. The average molecular weight is 384 g/mol. The summed E-state index contributed by atoms with van der Waals surface area (Å²) in [5, 5.41) is 5.86. The SMILES string of the molecule is O=C(Oc1ccc(C=NNC(=O)c2cccc3ccccc23)cc1)c1ccco1. The topological polar surface area (TPSA) is 80.9 Å². The lowest BCUT2D eigenvalue weighted by Crippen LogP contribution is -2.17. The summed E-state index contributed by atoms with van der Waals surface area (Å²) in [6, 6.07) is 23.1. The highest BCUT2D eigenvalue weighted by Gasteiger charge is 2.11. The summed E-state index contributed by atoms with van der Waals surface area (Å²) >= 11 is 0. The minimum Gasteiger partial charge on any atom is -0.457 e. The van der Waals surface area contributed by atoms with Gasteiger partial charge in [-0.1, -0.05) is 36.4 Å². The largest absolute Gasteiger partial charge is 0.457 e. The Morgan fingerprint density at radius 3 is 2.48 bits per heavy atom. The molecule has 0 spiro atoms. The monoisotopic (exact) mass is 384 g/mol. The first-order valence-electron chi connectivity index (χ1n) is 8.87. The second-order valence-electron chi connectivity index (χ2n) is 6.16. The molecular formula is C23H16N2O4. The molecule has 29 heavy (non-hydrogen) atoms. The van der Waals surface area contributed by atoms with E-state index in [9.17, 15) is 9.59 Å². The number of furan rings is 1. The van der Waals surface area contributed by atoms with Crippen LogP contribution in [0.1, 0.15) is 26.5 Å². The second kappa shape index (κ2) is 8.22. The Balaban J connectivity index is 1.39. The van der Waals surface area contributed by atoms with E-state index in [0.717, 1.165) is 16.3 Å². The molecule has 0 atom stereocenters. The van der Waals surface area contributed by atoms with Crippen molar-refractivity contribution < 1.29 is 18.7 Å². The maximum Gasteiger partial charge on any atom is 0.379 e. The first-order valence-corrected chi connectivity index (χ1v) is 8.87. The van der Waals surface area contributed by atoms with E-state index >= 15 is 0 Å². The lowest BCUT2D eigenvalue weighted by Gasteiger charge is -2.05. The molecule has 0 unspecified atom stereocenters. The van der Waals surface area contributed by atoms with Gasteiger partial charge in [-0.3, -0.25) is 4.79 Å². The summed E-state index contributed by atoms with van der Waals surface area (Å²) in [4.78, 5) is 24.3. The number of carbonyl (C=O) groups excluding carboxylic acids is 2. The molecule has 1 aromatic heterocycles. The fourth-order valence-corrected chi connectivity index (χ4v) is 2.82. The van der Waals surface area contributed by atoms with Crippen molar-refractivity contribution in [2.45, 2.75) is 0 Å². The molecule has 0 saturated heterocycles. The van der Waals surface area contributed by atoms with Gasteiger partial charge in [-0.25, -0.2) is 10.2 Å². The fourth-order valence-electron chi connectivity index (χ4n) is 2.82. The zero-order chi connectivity index (χ0) is 20.1. The molecule has 0 aliphatic heterocycles. The van der Waals surface area contributed by atoms with Crippen LogP contribution in [0.3, 0.4) is 0 Å². The van der Waals surface area contributed by atoms with Gasteiger partial charge < -0.3 is 9.15 Å². The zero-order valence-corrected chi connectivity index (χ0v) is 15.2. The Kier molecular flexibility index (Phi) is 5.16. The normalized spacial score (nSPS) is 10.9. The van der Waals surface area contributed by atoms with Crippen molar-refractivity contribution in [1.82, 2.24) is 5.43 Å². The summed E-state index contributed by atoms with van der Waals surface area (Å²) in [6.45, 7) is 0. The summed E-state index contributed by atoms with van der Waals surface area (Å²) < 4.78 is 10.2. The van der Waals surface area contributed by atoms with Crippen LogP contribution in [0.4, 0.5) is 0 Å². The number of hydrogen-bond donors (Lipinski definition) is 1. The zero-order valence-electron chi connectivity index (χ0n) is 15.2. The first-order chi connectivity index (χ1) is 14.2. The molecule has 142 valence electrons. The van der Waals surface area contributed by atoms with E-state index in [-0.39, 0.29) is 11.7 Å². The predicted molar refractivity (Wildman–Crippen MR) is 109 cm³/mol. The van der Waals surface area contributed by atoms with Crippen LogP contribution >= 0.6 is 0 Å². The van der Waals surface area contributed by atoms with E-state index in [1.54, 1.807) is 36.4 Å². The number of rotatable bonds is 5. The number of benzene rings is 3. The van der Waals surface area contributed by atoms with Gasteiger partial charge in [-0.15, -0.1) is 0 Å². The van der Waals surface area contributed by atoms with Gasteiger partial charge in [-0.05, 0) is 58.8 Å². The van der Waals surface area contributed by atoms with Gasteiger partial charge in [0, 0.05) is 5.56 Å². The minimum atomic E-state index is -0.571. The van der Waals surface area contributed by atoms with Crippen molar-refractivity contribution in [3.05, 3.63) is 102 Å². The smallest absolute Gasteiger partial charge is 0.379 e. The lowest BCUT2D eigenvalue weighted by molar-refractivity contribution is 0.0701. The Labute approximate surface area is 166 Å². The number of nitrogens with zero attached hydrogens (tertiary/aromatic N) is 1. The minimum absolute atomic E-state index is 0.131. The van der Waals surface area contributed by atoms with E-state index in [1.165, 1.54) is 18.5 Å². The maximum atomic E-state index is 12.4. The van der Waals surface area contributed by atoms with Crippen LogP contribution in [0.2, 0.25) is 0 Å². The molecule has 6 nitrogen and oxygen atoms in total. The van der Waals surface area contributed by atoms with Crippen molar-refractivity contribution in [2.75, 3.05) is 0 Å². The van der Waals surface area contributed by atoms with E-state index in [1.807, 2.05) is 36.4 Å². The van der Waals surface area contributed by atoms with Crippen LogP contribution in [0.5, 0.6) is 5.75 Å². The Morgan fingerprint density at radius 2 is 1.69 bits per heavy atom. The quantitative estimate of drug-likeness (QED) is 0.239. The van der Waals surface area contributed by atoms with Crippen LogP contribution in [-0.2, 0) is 0 Å². The Morgan fingerprint density at radius 1 is 0.897 bits per heavy atom. The van der Waals surface area contributed by atoms with Crippen LogP contribution < -0.4 is 10.2 Å². The van der Waals surface area contributed by atoms with E-state index in [2.05, 4.69) is 10.5 Å². The number of fused-ring (bicyclic) bond motifs is 1. The molecule has 0 aliphatic carbocycles. The number of ether oxygens (including phenoxy) is 1. The fraction of sp³-hybridized carbons (Fsp3) is 0. The van der Waals surface area contributed by atoms with Crippen LogP contribution in [0, 0.1) is 0 Å². The van der Waals surface area contributed by atoms with Gasteiger partial charge in [0.2, 0.25) is 5.76 Å². The number of hydrogen-bond acceptors (Lipinski definition) is 5. The van der Waals surface area contributed by atoms with E-state index in [0.29, 0.717) is 11.3 Å². The highest BCUT2D eigenvalue weighted by atomic mass is 16.5. The summed E-state index contributed by atoms with van der Waals surface area (Å²) in [5.74, 6) is -0.351. The molecule has 3 aromatic carbocycles. The second-order valence-corrected chi connectivity index (χ2v) is 6.16. The van der Waals surface area contributed by atoms with Gasteiger partial charge in [0.1, 0.15) is 5.75 Å². The van der Waals surface area contributed by atoms with Crippen molar-refractivity contribution >= 4 is 28.9 Å². The van der Waals surface area contributed by atoms with Gasteiger partial charge in [0.05, 0.1) is 12.5 Å². The van der Waals surface area contributed by atoms with Gasteiger partial charge in [0.15, 0.2) is 0 Å². The molecule has 1 N–H and O–H groups in total. The third kappa shape index (κ3) is 4.22. The number of nitrogens with one attached hydrogen (secondary N) is 1. The third-order valence-electron chi connectivity index (χ3n) is 4.23. The van der Waals surface area contributed by atoms with Crippen LogP contribution in [0.25, 0.3) is 10.8 Å². The number of amides is 1. The maximum absolute atomic E-state index is 12.4. The summed E-state index contributed by atoms with van der Waals surface area (Å²) in [5.41, 5.74) is 3.83. The molecular weight excluding hydrogens is 368 g/mol. The van der Waals surface area contributed by atoms with Crippen molar-refractivity contribution in [1.29, 1.82) is 0 Å². The van der Waals surface area contributed by atoms with Crippen molar-refractivity contribution in [3.63, 3.8) is 0 Å². The summed E-state index contributed by atoms with van der Waals surface area (Å²) in [7, 11) is 0. The number of esters is 1. The molecule has 0 bridgehead atoms. The van der Waals surface area contributed by atoms with Crippen LogP contribution in [0.15, 0.2) is 94.6 Å². The molecule has 4 aromatic rings. The lowest BCUT2D eigenvalue weighted by atomic mass is 10.0. The highest BCUT2D eigenvalue weighted by molar-refractivity contribution is 6.07. The Bertz CT molecular complexity index is 1170. The van der Waals surface area contributed by atoms with Crippen molar-refractivity contribution in [3.8, 4) is 5.75 Å². The highest BCUT2D eigenvalue weighted by Crippen LogP contribution is 2.18. The molecule has 4 rings (SSSR count). The van der Waals surface area contributed by atoms with Crippen molar-refractivity contribution in [2.24, 2.45) is 5.10 Å². The number of carbonyl (C=O) groups is 2. The van der Waals surface area contributed by atoms with Gasteiger partial charge >= 0.3 is 5.97 Å². The van der Waals surface area contributed by atoms with Crippen LogP contribution in [-0.4, -0.2) is 18.1 Å². The molecule has 0 saturated carbocycles. The summed E-state index contributed by atoms with van der Waals surface area (Å²) in [6.07, 6.45) is 2.92. The molecule has 0 radical (unpaired) electrons. The average Bonchev–Trinajstić information content (AvgIpc) is 3.30. The van der Waals surface area contributed by atoms with Gasteiger partial charge in [-0.2, -0.15) is 5.10 Å². The van der Waals surface area contributed by atoms with Gasteiger partial charge in [0.25, 0.3) is 5.91 Å². The van der Waals surface area contributed by atoms with E-state index < -0.39 is 5.97 Å². The molecule has 0 aliphatic rings. The molecule has 0 fully saturated rings. The standard InChI is InChI=1S/C23H16N2O4/c26-22(20-8-3-6-17-5-1-2-7-19(17)20)25-24-15-16-10-12-18(13-11-16)29-23(27)21-9-4-14-28-21/h1-15H,(H,25,26). The number of hydrazone groups is 1. The molecule has 1 heterocycles. The Hall–Kier alpha value is -4.19. The van der Waals surface area contributed by atoms with E-state index in [4.69, 9.17) is 9.15 Å². The molecule has 1 amide bonds. The molecule has 6 heteroatoms.